The molecule has 0 spiro atoms. The number of ketones is 2. The fourth-order valence-corrected chi connectivity index (χ4v) is 6.11. The minimum Gasteiger partial charge on any atom is -0.469 e. The summed E-state index contributed by atoms with van der Waals surface area (Å²) in [6.07, 6.45) is 6.22. The van der Waals surface area contributed by atoms with E-state index in [1.54, 1.807) is 24.3 Å². The number of Topliss-reactive ketones (excluding diaryl/α,β-unsaturated/α-hetero) is 2. The maximum atomic E-state index is 13.8. The van der Waals surface area contributed by atoms with Gasteiger partial charge in [0.25, 0.3) is 0 Å². The molecule has 0 aliphatic heterocycles. The Bertz CT molecular complexity index is 1710. The molecule has 8 nitrogen and oxygen atoms in total. The number of aryl methyl sites for hydroxylation is 1. The van der Waals surface area contributed by atoms with Crippen LogP contribution in [0.5, 0.6) is 0 Å². The van der Waals surface area contributed by atoms with Gasteiger partial charge in [-0.15, -0.1) is 0 Å². The largest absolute Gasteiger partial charge is 0.469 e. The molecule has 1 heterocycles. The highest BCUT2D eigenvalue weighted by molar-refractivity contribution is 6.46. The normalized spacial score (nSPS) is 14.4. The van der Waals surface area contributed by atoms with E-state index in [0.29, 0.717) is 17.7 Å². The number of rotatable bonds is 11. The number of oxime groups is 1. The maximum Gasteiger partial charge on any atom is 0.339 e. The molecule has 0 radical (unpaired) electrons. The van der Waals surface area contributed by atoms with Gasteiger partial charge in [0, 0.05) is 51.8 Å². The van der Waals surface area contributed by atoms with E-state index in [0.717, 1.165) is 53.1 Å². The Kier molecular flexibility index (Phi) is 10.00. The summed E-state index contributed by atoms with van der Waals surface area (Å²) < 4.78 is 6.91. The number of hydrogen-bond acceptors (Lipinski definition) is 7. The first kappa shape index (κ1) is 30.9. The van der Waals surface area contributed by atoms with Crippen LogP contribution in [0, 0.1) is 5.92 Å². The van der Waals surface area contributed by atoms with Crippen LogP contribution in [0.3, 0.4) is 0 Å². The van der Waals surface area contributed by atoms with E-state index >= 15 is 0 Å². The highest BCUT2D eigenvalue weighted by Gasteiger charge is 2.24. The van der Waals surface area contributed by atoms with Gasteiger partial charge in [0.2, 0.25) is 5.78 Å². The SMILES string of the molecule is CCn1c2ccc(C(=O)C(CCC(=O)OC)=NOC(=O)Cc3ccccc3)cc2c2cc(C(=O)C3CCCCCC3)ccc21. The first-order valence-electron chi connectivity index (χ1n) is 15.4. The number of esters is 1. The van der Waals surface area contributed by atoms with Crippen LogP contribution in [0.2, 0.25) is 0 Å². The summed E-state index contributed by atoms with van der Waals surface area (Å²) in [5.74, 6) is -1.34. The van der Waals surface area contributed by atoms with Gasteiger partial charge < -0.3 is 14.1 Å². The van der Waals surface area contributed by atoms with Crippen LogP contribution >= 0.6 is 0 Å². The van der Waals surface area contributed by atoms with Gasteiger partial charge in [-0.3, -0.25) is 14.4 Å². The van der Waals surface area contributed by atoms with E-state index in [9.17, 15) is 19.2 Å². The van der Waals surface area contributed by atoms with E-state index < -0.39 is 17.7 Å². The fourth-order valence-electron chi connectivity index (χ4n) is 6.11. The second-order valence-electron chi connectivity index (χ2n) is 11.3. The van der Waals surface area contributed by atoms with Gasteiger partial charge >= 0.3 is 11.9 Å². The van der Waals surface area contributed by atoms with Crippen molar-refractivity contribution in [2.45, 2.75) is 71.3 Å². The van der Waals surface area contributed by atoms with Gasteiger partial charge in [-0.2, -0.15) is 0 Å². The third kappa shape index (κ3) is 6.96. The van der Waals surface area contributed by atoms with Crippen LogP contribution in [0.25, 0.3) is 21.8 Å². The van der Waals surface area contributed by atoms with Crippen molar-refractivity contribution in [3.8, 4) is 0 Å². The minimum atomic E-state index is -0.619. The number of aromatic nitrogens is 1. The molecule has 5 rings (SSSR count). The second kappa shape index (κ2) is 14.3. The molecule has 0 bridgehead atoms. The Morgan fingerprint density at radius 3 is 2.07 bits per heavy atom. The van der Waals surface area contributed by atoms with Crippen molar-refractivity contribution in [1.29, 1.82) is 0 Å². The molecule has 1 aliphatic rings. The van der Waals surface area contributed by atoms with Crippen molar-refractivity contribution in [3.05, 3.63) is 83.4 Å². The third-order valence-electron chi connectivity index (χ3n) is 8.46. The zero-order valence-electron chi connectivity index (χ0n) is 25.3. The van der Waals surface area contributed by atoms with Gasteiger partial charge in [0.15, 0.2) is 5.78 Å². The van der Waals surface area contributed by atoms with Crippen molar-refractivity contribution in [2.75, 3.05) is 7.11 Å². The van der Waals surface area contributed by atoms with Crippen LogP contribution in [-0.4, -0.2) is 40.9 Å². The Balaban J connectivity index is 1.47. The van der Waals surface area contributed by atoms with Crippen LogP contribution in [0.15, 0.2) is 71.9 Å². The summed E-state index contributed by atoms with van der Waals surface area (Å²) >= 11 is 0. The summed E-state index contributed by atoms with van der Waals surface area (Å²) in [5, 5.41) is 5.67. The van der Waals surface area contributed by atoms with Crippen molar-refractivity contribution in [2.24, 2.45) is 11.1 Å². The molecule has 0 unspecified atom stereocenters. The zero-order valence-corrected chi connectivity index (χ0v) is 25.3. The molecule has 1 fully saturated rings. The van der Waals surface area contributed by atoms with Gasteiger partial charge in [-0.25, -0.2) is 4.79 Å². The van der Waals surface area contributed by atoms with Gasteiger partial charge in [0.05, 0.1) is 20.0 Å². The number of methoxy groups -OCH3 is 1. The fraction of sp³-hybridized carbons (Fsp3) is 0.361. The molecular formula is C36H38N2O6. The molecule has 4 aromatic rings. The Morgan fingerprint density at radius 1 is 0.795 bits per heavy atom. The van der Waals surface area contributed by atoms with Crippen LogP contribution in [0.1, 0.15) is 84.6 Å². The lowest BCUT2D eigenvalue weighted by molar-refractivity contribution is -0.142. The molecule has 1 aromatic heterocycles. The van der Waals surface area contributed by atoms with Crippen molar-refractivity contribution in [3.63, 3.8) is 0 Å². The number of benzene rings is 3. The van der Waals surface area contributed by atoms with E-state index in [-0.39, 0.29) is 36.7 Å². The predicted molar refractivity (Wildman–Crippen MR) is 170 cm³/mol. The van der Waals surface area contributed by atoms with E-state index in [1.165, 1.54) is 20.0 Å². The first-order valence-corrected chi connectivity index (χ1v) is 15.4. The van der Waals surface area contributed by atoms with E-state index in [2.05, 4.69) is 16.6 Å². The van der Waals surface area contributed by atoms with Crippen LogP contribution in [0.4, 0.5) is 0 Å². The minimum absolute atomic E-state index is 0.00674. The first-order chi connectivity index (χ1) is 21.4. The lowest BCUT2D eigenvalue weighted by Crippen LogP contribution is -2.18. The second-order valence-corrected chi connectivity index (χ2v) is 11.3. The Labute approximate surface area is 257 Å². The molecular weight excluding hydrogens is 556 g/mol. The van der Waals surface area contributed by atoms with Crippen LogP contribution in [-0.2, 0) is 32.1 Å². The molecule has 1 saturated carbocycles. The van der Waals surface area contributed by atoms with Crippen LogP contribution < -0.4 is 0 Å². The number of ether oxygens (including phenoxy) is 1. The van der Waals surface area contributed by atoms with Crippen molar-refractivity contribution < 1.29 is 28.8 Å². The molecule has 0 saturated heterocycles. The summed E-state index contributed by atoms with van der Waals surface area (Å²) in [7, 11) is 1.27. The van der Waals surface area contributed by atoms with Gasteiger partial charge in [-0.1, -0.05) is 61.2 Å². The maximum absolute atomic E-state index is 13.8. The van der Waals surface area contributed by atoms with Crippen molar-refractivity contribution in [1.82, 2.24) is 4.57 Å². The number of carbonyl (C=O) groups excluding carboxylic acids is 4. The topological polar surface area (TPSA) is 104 Å². The highest BCUT2D eigenvalue weighted by Crippen LogP contribution is 2.33. The summed E-state index contributed by atoms with van der Waals surface area (Å²) in [5.41, 5.74) is 3.67. The highest BCUT2D eigenvalue weighted by atomic mass is 16.7. The monoisotopic (exact) mass is 594 g/mol. The van der Waals surface area contributed by atoms with Crippen molar-refractivity contribution >= 4 is 51.0 Å². The molecule has 3 aromatic carbocycles. The predicted octanol–water partition coefficient (Wildman–Crippen LogP) is 7.25. The van der Waals surface area contributed by atoms with Gasteiger partial charge in [-0.05, 0) is 61.7 Å². The zero-order chi connectivity index (χ0) is 31.1. The number of fused-ring (bicyclic) bond motifs is 3. The van der Waals surface area contributed by atoms with E-state index in [4.69, 9.17) is 9.57 Å². The summed E-state index contributed by atoms with van der Waals surface area (Å²) in [6, 6.07) is 20.4. The lowest BCUT2D eigenvalue weighted by Gasteiger charge is -2.13. The standard InChI is InChI=1S/C36H38N2O6/c1-3-38-31-18-15-26(35(41)25-13-9-4-5-10-14-25)22-28(31)29-23-27(16-19-32(29)38)36(42)30(17-20-33(39)43-2)37-44-34(40)21-24-11-7-6-8-12-24/h6-8,11-12,15-16,18-19,22-23,25H,3-5,9-10,13-14,17,20-21H2,1-2H3. The lowest BCUT2D eigenvalue weighted by atomic mass is 9.90. The Morgan fingerprint density at radius 2 is 1.43 bits per heavy atom. The number of hydrogen-bond donors (Lipinski definition) is 0. The third-order valence-corrected chi connectivity index (χ3v) is 8.46. The number of carbonyl (C=O) groups is 4. The van der Waals surface area contributed by atoms with E-state index in [1.807, 2.05) is 42.5 Å². The molecule has 0 amide bonds. The molecule has 228 valence electrons. The number of nitrogens with zero attached hydrogens (tertiary/aromatic N) is 2. The molecule has 0 N–H and O–H groups in total. The molecule has 1 aliphatic carbocycles. The average molecular weight is 595 g/mol. The quantitative estimate of drug-likeness (QED) is 0.0453. The summed E-state index contributed by atoms with van der Waals surface area (Å²) in [4.78, 5) is 56.8. The smallest absolute Gasteiger partial charge is 0.339 e. The Hall–Kier alpha value is -4.59. The van der Waals surface area contributed by atoms with Gasteiger partial charge in [0.1, 0.15) is 5.71 Å². The molecule has 8 heteroatoms. The molecule has 44 heavy (non-hydrogen) atoms. The average Bonchev–Trinajstić information content (AvgIpc) is 3.16. The molecule has 0 atom stereocenters. The summed E-state index contributed by atoms with van der Waals surface area (Å²) in [6.45, 7) is 2.77.